The lowest BCUT2D eigenvalue weighted by Gasteiger charge is -2.30. The van der Waals surface area contributed by atoms with Gasteiger partial charge in [-0.25, -0.2) is 14.2 Å². The van der Waals surface area contributed by atoms with Crippen molar-refractivity contribution in [3.63, 3.8) is 0 Å². The minimum Gasteiger partial charge on any atom is -0.480 e. The molecule has 0 bridgehead atoms. The largest absolute Gasteiger partial charge is 0.480 e. The van der Waals surface area contributed by atoms with Gasteiger partial charge in [0, 0.05) is 32.3 Å². The predicted molar refractivity (Wildman–Crippen MR) is 121 cm³/mol. The molecule has 1 amide bonds. The highest BCUT2D eigenvalue weighted by atomic mass is 19.1. The van der Waals surface area contributed by atoms with Crippen molar-refractivity contribution in [2.24, 2.45) is 0 Å². The van der Waals surface area contributed by atoms with Crippen LogP contribution < -0.4 is 10.6 Å². The van der Waals surface area contributed by atoms with Crippen LogP contribution in [0.3, 0.4) is 0 Å². The number of rotatable bonds is 13. The maximum Gasteiger partial charge on any atom is 0.326 e. The molecule has 0 saturated carbocycles. The van der Waals surface area contributed by atoms with E-state index in [-0.39, 0.29) is 13.0 Å². The van der Waals surface area contributed by atoms with Gasteiger partial charge in [-0.2, -0.15) is 0 Å². The summed E-state index contributed by atoms with van der Waals surface area (Å²) in [4.78, 5) is 29.2. The average molecular weight is 453 g/mol. The van der Waals surface area contributed by atoms with Gasteiger partial charge in [0.2, 0.25) is 5.91 Å². The van der Waals surface area contributed by atoms with Gasteiger partial charge in [0.05, 0.1) is 5.60 Å². The first kappa shape index (κ1) is 26.0. The molecule has 1 aliphatic rings. The summed E-state index contributed by atoms with van der Waals surface area (Å²) in [5.41, 5.74) is 0.780. The highest BCUT2D eigenvalue weighted by molar-refractivity contribution is 5.82. The van der Waals surface area contributed by atoms with Crippen molar-refractivity contribution >= 4 is 17.7 Å². The molecule has 1 aromatic heterocycles. The zero-order chi connectivity index (χ0) is 23.7. The highest BCUT2D eigenvalue weighted by Gasteiger charge is 2.29. The number of carbonyl (C=O) groups is 2. The molecule has 2 atom stereocenters. The summed E-state index contributed by atoms with van der Waals surface area (Å²) in [6.45, 7) is 5.91. The number of aliphatic carboxylic acids is 1. The van der Waals surface area contributed by atoms with Gasteiger partial charge in [-0.05, 0) is 70.5 Å². The van der Waals surface area contributed by atoms with E-state index < -0.39 is 29.7 Å². The second-order valence-corrected chi connectivity index (χ2v) is 9.10. The number of anilines is 1. The van der Waals surface area contributed by atoms with Crippen molar-refractivity contribution in [1.29, 1.82) is 0 Å². The minimum absolute atomic E-state index is 0.00305. The first-order valence-electron chi connectivity index (χ1n) is 11.4. The molecule has 9 heteroatoms. The minimum atomic E-state index is -1.48. The topological polar surface area (TPSA) is 115 Å². The zero-order valence-electron chi connectivity index (χ0n) is 19.4. The summed E-state index contributed by atoms with van der Waals surface area (Å²) < 4.78 is 14.5. The maximum absolute atomic E-state index is 14.5. The number of pyridine rings is 1. The number of aliphatic hydroxyl groups is 1. The molecule has 0 aliphatic carbocycles. The Labute approximate surface area is 189 Å². The fourth-order valence-electron chi connectivity index (χ4n) is 3.71. The van der Waals surface area contributed by atoms with Crippen LogP contribution in [0.25, 0.3) is 0 Å². The van der Waals surface area contributed by atoms with E-state index in [0.717, 1.165) is 50.2 Å². The average Bonchev–Trinajstić information content (AvgIpc) is 2.72. The third kappa shape index (κ3) is 8.70. The Kier molecular flexibility index (Phi) is 9.84. The van der Waals surface area contributed by atoms with Gasteiger partial charge >= 0.3 is 5.97 Å². The lowest BCUT2D eigenvalue weighted by atomic mass is 10.0. The van der Waals surface area contributed by atoms with Crippen molar-refractivity contribution in [3.8, 4) is 0 Å². The molecule has 0 aromatic carbocycles. The standard InChI is InChI=1S/C23H37FN4O4/c1-16(29)26-19(22(30)31)11-14-28(15-20(24)23(2,3)32)13-5-4-8-18-10-9-17-7-6-12-25-21(17)27-18/h9-10,19-20,32H,4-8,11-15H2,1-3H3,(H,25,27)(H,26,29)(H,30,31). The molecule has 1 aromatic rings. The third-order valence-electron chi connectivity index (χ3n) is 5.70. The zero-order valence-corrected chi connectivity index (χ0v) is 19.4. The number of aryl methyl sites for hydroxylation is 2. The smallest absolute Gasteiger partial charge is 0.326 e. The van der Waals surface area contributed by atoms with Crippen LogP contribution in [0.15, 0.2) is 12.1 Å². The molecule has 1 aliphatic heterocycles. The molecular weight excluding hydrogens is 415 g/mol. The fourth-order valence-corrected chi connectivity index (χ4v) is 3.71. The number of hydrogen-bond acceptors (Lipinski definition) is 6. The van der Waals surface area contributed by atoms with E-state index in [4.69, 9.17) is 4.98 Å². The summed E-state index contributed by atoms with van der Waals surface area (Å²) in [7, 11) is 0. The van der Waals surface area contributed by atoms with Gasteiger partial charge in [-0.15, -0.1) is 0 Å². The number of nitrogens with zero attached hydrogens (tertiary/aromatic N) is 2. The predicted octanol–water partition coefficient (Wildman–Crippen LogP) is 2.15. The molecule has 0 saturated heterocycles. The fraction of sp³-hybridized carbons (Fsp3) is 0.696. The van der Waals surface area contributed by atoms with E-state index in [1.807, 2.05) is 4.90 Å². The summed E-state index contributed by atoms with van der Waals surface area (Å²) in [5.74, 6) is -0.569. The van der Waals surface area contributed by atoms with Gasteiger partial charge < -0.3 is 25.7 Å². The second-order valence-electron chi connectivity index (χ2n) is 9.10. The van der Waals surface area contributed by atoms with Crippen LogP contribution in [0.4, 0.5) is 10.2 Å². The van der Waals surface area contributed by atoms with E-state index in [2.05, 4.69) is 22.8 Å². The van der Waals surface area contributed by atoms with E-state index in [1.54, 1.807) is 0 Å². The molecular formula is C23H37FN4O4. The molecule has 2 heterocycles. The molecule has 2 unspecified atom stereocenters. The molecule has 0 radical (unpaired) electrons. The maximum atomic E-state index is 14.5. The summed E-state index contributed by atoms with van der Waals surface area (Å²) in [6, 6.07) is 3.16. The molecule has 180 valence electrons. The van der Waals surface area contributed by atoms with Crippen LogP contribution in [0.5, 0.6) is 0 Å². The van der Waals surface area contributed by atoms with Crippen molar-refractivity contribution < 1.29 is 24.2 Å². The lowest BCUT2D eigenvalue weighted by Crippen LogP contribution is -2.46. The van der Waals surface area contributed by atoms with Gasteiger partial charge in [-0.3, -0.25) is 4.79 Å². The second kappa shape index (κ2) is 12.1. The SMILES string of the molecule is CC(=O)NC(CCN(CCCCc1ccc2c(n1)NCCC2)CC(F)C(C)(C)O)C(=O)O. The van der Waals surface area contributed by atoms with E-state index in [9.17, 15) is 24.2 Å². The van der Waals surface area contributed by atoms with Gasteiger partial charge in [0.1, 0.15) is 18.0 Å². The van der Waals surface area contributed by atoms with Gasteiger partial charge in [0.25, 0.3) is 0 Å². The summed E-state index contributed by atoms with van der Waals surface area (Å²) >= 11 is 0. The lowest BCUT2D eigenvalue weighted by molar-refractivity contribution is -0.141. The molecule has 32 heavy (non-hydrogen) atoms. The number of fused-ring (bicyclic) bond motifs is 1. The van der Waals surface area contributed by atoms with Crippen LogP contribution in [0, 0.1) is 0 Å². The number of hydrogen-bond donors (Lipinski definition) is 4. The van der Waals surface area contributed by atoms with Crippen LogP contribution in [-0.4, -0.2) is 76.0 Å². The van der Waals surface area contributed by atoms with Gasteiger partial charge in [0.15, 0.2) is 0 Å². The van der Waals surface area contributed by atoms with Crippen molar-refractivity contribution in [3.05, 3.63) is 23.4 Å². The Bertz CT molecular complexity index is 769. The normalized spacial score (nSPS) is 15.6. The summed E-state index contributed by atoms with van der Waals surface area (Å²) in [5, 5.41) is 25.0. The molecule has 0 fully saturated rings. The van der Waals surface area contributed by atoms with Crippen LogP contribution in [-0.2, 0) is 22.4 Å². The van der Waals surface area contributed by atoms with Crippen LogP contribution in [0.2, 0.25) is 0 Å². The number of halogens is 1. The Morgan fingerprint density at radius 2 is 2.06 bits per heavy atom. The first-order chi connectivity index (χ1) is 15.1. The number of carboxylic acids is 1. The third-order valence-corrected chi connectivity index (χ3v) is 5.70. The van der Waals surface area contributed by atoms with Crippen molar-refractivity contribution in [2.75, 3.05) is 31.5 Å². The van der Waals surface area contributed by atoms with E-state index >= 15 is 0 Å². The summed E-state index contributed by atoms with van der Waals surface area (Å²) in [6.07, 6.45) is 3.29. The Hall–Kier alpha value is -2.26. The Balaban J connectivity index is 1.89. The quantitative estimate of drug-likeness (QED) is 0.339. The molecule has 0 spiro atoms. The Morgan fingerprint density at radius 1 is 1.31 bits per heavy atom. The van der Waals surface area contributed by atoms with Crippen molar-refractivity contribution in [2.45, 2.75) is 77.1 Å². The van der Waals surface area contributed by atoms with Crippen molar-refractivity contribution in [1.82, 2.24) is 15.2 Å². The van der Waals surface area contributed by atoms with E-state index in [0.29, 0.717) is 13.1 Å². The van der Waals surface area contributed by atoms with E-state index in [1.165, 1.54) is 26.3 Å². The number of nitrogens with one attached hydrogen (secondary N) is 2. The highest BCUT2D eigenvalue weighted by Crippen LogP contribution is 2.20. The first-order valence-corrected chi connectivity index (χ1v) is 11.4. The number of carboxylic acid groups (broad SMARTS) is 1. The number of aromatic nitrogens is 1. The van der Waals surface area contributed by atoms with Crippen LogP contribution >= 0.6 is 0 Å². The number of alkyl halides is 1. The van der Waals surface area contributed by atoms with Crippen LogP contribution in [0.1, 0.15) is 57.7 Å². The molecule has 8 nitrogen and oxygen atoms in total. The molecule has 2 rings (SSSR count). The number of carbonyl (C=O) groups excluding carboxylic acids is 1. The molecule has 4 N–H and O–H groups in total. The number of unbranched alkanes of at least 4 members (excludes halogenated alkanes) is 1. The monoisotopic (exact) mass is 452 g/mol. The Morgan fingerprint density at radius 3 is 2.72 bits per heavy atom. The van der Waals surface area contributed by atoms with Gasteiger partial charge in [-0.1, -0.05) is 6.07 Å². The number of amides is 1.